The highest BCUT2D eigenvalue weighted by Crippen LogP contribution is 2.24. The van der Waals surface area contributed by atoms with Gasteiger partial charge < -0.3 is 19.7 Å². The number of ether oxygens (including phenoxy) is 2. The van der Waals surface area contributed by atoms with Crippen molar-refractivity contribution in [2.75, 3.05) is 13.7 Å². The van der Waals surface area contributed by atoms with Crippen LogP contribution < -0.4 is 14.8 Å². The number of rotatable bonds is 8. The molecule has 0 heterocycles. The Bertz CT molecular complexity index is 911. The summed E-state index contributed by atoms with van der Waals surface area (Å²) in [5.74, 6) is 0.617. The number of nitrogens with one attached hydrogen (secondary N) is 1. The second-order valence-corrected chi connectivity index (χ2v) is 8.96. The maximum absolute atomic E-state index is 13.0. The molecule has 6 nitrogen and oxygen atoms in total. The number of halogens is 2. The van der Waals surface area contributed by atoms with Gasteiger partial charge in [0.2, 0.25) is 5.91 Å². The van der Waals surface area contributed by atoms with Crippen LogP contribution in [0.3, 0.4) is 0 Å². The topological polar surface area (TPSA) is 67.9 Å². The average molecular weight is 467 g/mol. The molecule has 0 saturated heterocycles. The summed E-state index contributed by atoms with van der Waals surface area (Å²) >= 11 is 12.1. The van der Waals surface area contributed by atoms with Crippen molar-refractivity contribution in [3.8, 4) is 11.5 Å². The minimum absolute atomic E-state index is 0.181. The van der Waals surface area contributed by atoms with Crippen LogP contribution in [0.2, 0.25) is 10.0 Å². The van der Waals surface area contributed by atoms with Crippen LogP contribution in [0.4, 0.5) is 0 Å². The molecule has 31 heavy (non-hydrogen) atoms. The van der Waals surface area contributed by atoms with Crippen LogP contribution in [-0.4, -0.2) is 42.0 Å². The lowest BCUT2D eigenvalue weighted by Gasteiger charge is -2.31. The molecule has 0 fully saturated rings. The van der Waals surface area contributed by atoms with E-state index in [1.165, 1.54) is 4.90 Å². The van der Waals surface area contributed by atoms with Crippen LogP contribution in [0, 0.1) is 0 Å². The summed E-state index contributed by atoms with van der Waals surface area (Å²) < 4.78 is 10.8. The fourth-order valence-electron chi connectivity index (χ4n) is 2.79. The van der Waals surface area contributed by atoms with E-state index in [4.69, 9.17) is 32.7 Å². The molecule has 1 atom stereocenters. The summed E-state index contributed by atoms with van der Waals surface area (Å²) in [5.41, 5.74) is 0.325. The molecule has 0 bridgehead atoms. The number of nitrogens with zero attached hydrogens (tertiary/aromatic N) is 1. The second kappa shape index (κ2) is 10.7. The summed E-state index contributed by atoms with van der Waals surface area (Å²) in [6.45, 7) is 7.30. The van der Waals surface area contributed by atoms with Crippen molar-refractivity contribution in [3.63, 3.8) is 0 Å². The summed E-state index contributed by atoms with van der Waals surface area (Å²) in [5, 5.41) is 3.72. The van der Waals surface area contributed by atoms with E-state index in [2.05, 4.69) is 5.32 Å². The highest BCUT2D eigenvalue weighted by Gasteiger charge is 2.28. The fourth-order valence-corrected chi connectivity index (χ4v) is 3.11. The third-order valence-corrected chi connectivity index (χ3v) is 5.16. The molecule has 168 valence electrons. The van der Waals surface area contributed by atoms with Crippen molar-refractivity contribution in [1.82, 2.24) is 10.2 Å². The molecule has 2 aromatic rings. The first-order valence-electron chi connectivity index (χ1n) is 9.82. The van der Waals surface area contributed by atoms with E-state index in [1.807, 2.05) is 20.8 Å². The molecule has 0 unspecified atom stereocenters. The molecule has 2 aromatic carbocycles. The molecule has 0 aliphatic rings. The molecule has 0 aromatic heterocycles. The predicted octanol–water partition coefficient (Wildman–Crippen LogP) is 4.71. The molecule has 8 heteroatoms. The Morgan fingerprint density at radius 3 is 2.19 bits per heavy atom. The van der Waals surface area contributed by atoms with E-state index < -0.39 is 11.6 Å². The van der Waals surface area contributed by atoms with Crippen molar-refractivity contribution < 1.29 is 19.1 Å². The molecular weight excluding hydrogens is 439 g/mol. The van der Waals surface area contributed by atoms with Gasteiger partial charge in [-0.1, -0.05) is 29.3 Å². The van der Waals surface area contributed by atoms with E-state index in [0.29, 0.717) is 21.5 Å². The highest BCUT2D eigenvalue weighted by molar-refractivity contribution is 6.42. The zero-order valence-corrected chi connectivity index (χ0v) is 19.9. The second-order valence-electron chi connectivity index (χ2n) is 8.15. The van der Waals surface area contributed by atoms with Crippen LogP contribution >= 0.6 is 23.2 Å². The molecular formula is C23H28Cl2N2O4. The highest BCUT2D eigenvalue weighted by atomic mass is 35.5. The first-order chi connectivity index (χ1) is 14.5. The van der Waals surface area contributed by atoms with Gasteiger partial charge in [0.05, 0.1) is 17.2 Å². The number of methoxy groups -OCH3 is 1. The van der Waals surface area contributed by atoms with Gasteiger partial charge in [0.25, 0.3) is 5.91 Å². The molecule has 0 saturated carbocycles. The largest absolute Gasteiger partial charge is 0.497 e. The van der Waals surface area contributed by atoms with Crippen molar-refractivity contribution in [3.05, 3.63) is 58.1 Å². The normalized spacial score (nSPS) is 12.1. The van der Waals surface area contributed by atoms with E-state index in [9.17, 15) is 9.59 Å². The van der Waals surface area contributed by atoms with Crippen molar-refractivity contribution in [2.24, 2.45) is 0 Å². The molecule has 0 spiro atoms. The molecule has 0 aliphatic carbocycles. The van der Waals surface area contributed by atoms with Crippen molar-refractivity contribution in [1.29, 1.82) is 0 Å². The summed E-state index contributed by atoms with van der Waals surface area (Å²) in [7, 11) is 1.57. The van der Waals surface area contributed by atoms with Gasteiger partial charge in [-0.15, -0.1) is 0 Å². The first kappa shape index (κ1) is 24.8. The lowest BCUT2D eigenvalue weighted by molar-refractivity contribution is -0.142. The lowest BCUT2D eigenvalue weighted by atomic mass is 10.1. The van der Waals surface area contributed by atoms with Crippen molar-refractivity contribution >= 4 is 35.0 Å². The number of amides is 2. The maximum Gasteiger partial charge on any atom is 0.261 e. The Morgan fingerprint density at radius 2 is 1.65 bits per heavy atom. The number of benzene rings is 2. The third-order valence-electron chi connectivity index (χ3n) is 4.42. The van der Waals surface area contributed by atoms with E-state index in [1.54, 1.807) is 56.5 Å². The number of hydrogen-bond acceptors (Lipinski definition) is 4. The lowest BCUT2D eigenvalue weighted by Crippen LogP contribution is -2.53. The molecule has 0 aliphatic heterocycles. The first-order valence-corrected chi connectivity index (χ1v) is 10.6. The zero-order chi connectivity index (χ0) is 23.2. The minimum atomic E-state index is -0.722. The number of carbonyl (C=O) groups excluding carboxylic acids is 2. The predicted molar refractivity (Wildman–Crippen MR) is 123 cm³/mol. The number of hydrogen-bond donors (Lipinski definition) is 1. The quantitative estimate of drug-likeness (QED) is 0.611. The van der Waals surface area contributed by atoms with Crippen LogP contribution in [0.5, 0.6) is 11.5 Å². The summed E-state index contributed by atoms with van der Waals surface area (Å²) in [6.07, 6.45) is 0. The standard InChI is InChI=1S/C23H28Cl2N2O4/c1-15(22(29)26-23(2,3)4)27(13-16-6-11-19(24)20(25)12-16)21(28)14-31-18-9-7-17(30-5)8-10-18/h6-12,15H,13-14H2,1-5H3,(H,26,29)/t15-/m0/s1. The van der Waals surface area contributed by atoms with Crippen LogP contribution in [0.15, 0.2) is 42.5 Å². The summed E-state index contributed by atoms with van der Waals surface area (Å²) in [6, 6.07) is 11.3. The van der Waals surface area contributed by atoms with Crippen LogP contribution in [-0.2, 0) is 16.1 Å². The van der Waals surface area contributed by atoms with Crippen LogP contribution in [0.25, 0.3) is 0 Å². The van der Waals surface area contributed by atoms with Gasteiger partial charge in [0.15, 0.2) is 6.61 Å². The van der Waals surface area contributed by atoms with E-state index in [-0.39, 0.29) is 25.0 Å². The summed E-state index contributed by atoms with van der Waals surface area (Å²) in [4.78, 5) is 27.3. The maximum atomic E-state index is 13.0. The Kier molecular flexibility index (Phi) is 8.60. The van der Waals surface area contributed by atoms with Gasteiger partial charge in [0, 0.05) is 12.1 Å². The van der Waals surface area contributed by atoms with Gasteiger partial charge >= 0.3 is 0 Å². The van der Waals surface area contributed by atoms with Gasteiger partial charge in [-0.3, -0.25) is 9.59 Å². The van der Waals surface area contributed by atoms with Crippen LogP contribution in [0.1, 0.15) is 33.3 Å². The monoisotopic (exact) mass is 466 g/mol. The Labute approximate surface area is 193 Å². The fraction of sp³-hybridized carbons (Fsp3) is 0.391. The van der Waals surface area contributed by atoms with E-state index in [0.717, 1.165) is 5.56 Å². The van der Waals surface area contributed by atoms with Gasteiger partial charge in [0.1, 0.15) is 17.5 Å². The van der Waals surface area contributed by atoms with Gasteiger partial charge in [-0.2, -0.15) is 0 Å². The van der Waals surface area contributed by atoms with E-state index >= 15 is 0 Å². The average Bonchev–Trinajstić information content (AvgIpc) is 2.71. The Hall–Kier alpha value is -2.44. The zero-order valence-electron chi connectivity index (χ0n) is 18.4. The third kappa shape index (κ3) is 7.64. The SMILES string of the molecule is COc1ccc(OCC(=O)N(Cc2ccc(Cl)c(Cl)c2)[C@@H](C)C(=O)NC(C)(C)C)cc1. The Balaban J connectivity index is 2.18. The Morgan fingerprint density at radius 1 is 1.03 bits per heavy atom. The molecule has 1 N–H and O–H groups in total. The molecule has 2 rings (SSSR count). The molecule has 0 radical (unpaired) electrons. The number of carbonyl (C=O) groups is 2. The minimum Gasteiger partial charge on any atom is -0.497 e. The molecule has 2 amide bonds. The van der Waals surface area contributed by atoms with Gasteiger partial charge in [-0.05, 0) is 69.7 Å². The smallest absolute Gasteiger partial charge is 0.261 e. The van der Waals surface area contributed by atoms with Gasteiger partial charge in [-0.25, -0.2) is 0 Å². The van der Waals surface area contributed by atoms with Crippen molar-refractivity contribution in [2.45, 2.75) is 45.8 Å².